The Morgan fingerprint density at radius 3 is 2.71 bits per heavy atom. The van der Waals surface area contributed by atoms with E-state index >= 15 is 0 Å². The molecule has 0 aromatic heterocycles. The first-order chi connectivity index (χ1) is 11.5. The second kappa shape index (κ2) is 9.11. The summed E-state index contributed by atoms with van der Waals surface area (Å²) in [6.45, 7) is 7.93. The van der Waals surface area contributed by atoms with Crippen molar-refractivity contribution in [2.24, 2.45) is 5.92 Å². The van der Waals surface area contributed by atoms with Crippen molar-refractivity contribution in [1.82, 2.24) is 9.80 Å². The van der Waals surface area contributed by atoms with Crippen molar-refractivity contribution in [3.63, 3.8) is 0 Å². The molecule has 1 heterocycles. The topological polar surface area (TPSA) is 23.6 Å². The summed E-state index contributed by atoms with van der Waals surface area (Å²) >= 11 is 0. The molecule has 0 saturated carbocycles. The number of carbonyl (C=O) groups excluding carboxylic acids is 1. The van der Waals surface area contributed by atoms with Gasteiger partial charge in [-0.3, -0.25) is 9.69 Å². The van der Waals surface area contributed by atoms with E-state index in [9.17, 15) is 13.6 Å². The summed E-state index contributed by atoms with van der Waals surface area (Å²) in [6, 6.07) is 3.77. The Hall–Kier alpha value is -1.49. The van der Waals surface area contributed by atoms with Crippen LogP contribution in [0.1, 0.15) is 38.7 Å². The van der Waals surface area contributed by atoms with Gasteiger partial charge >= 0.3 is 0 Å². The number of carbonyl (C=O) groups is 1. The highest BCUT2D eigenvalue weighted by molar-refractivity contribution is 5.78. The number of nitrogens with zero attached hydrogens (tertiary/aromatic N) is 2. The van der Waals surface area contributed by atoms with Gasteiger partial charge in [-0.05, 0) is 56.3 Å². The minimum atomic E-state index is -0.540. The fourth-order valence-electron chi connectivity index (χ4n) is 3.35. The van der Waals surface area contributed by atoms with Gasteiger partial charge in [-0.25, -0.2) is 8.78 Å². The first-order valence-electron chi connectivity index (χ1n) is 8.97. The monoisotopic (exact) mass is 338 g/mol. The molecule has 5 heteroatoms. The highest BCUT2D eigenvalue weighted by atomic mass is 19.1. The molecule has 1 fully saturated rings. The molecular weight excluding hydrogens is 310 g/mol. The van der Waals surface area contributed by atoms with E-state index in [4.69, 9.17) is 0 Å². The molecule has 0 bridgehead atoms. The van der Waals surface area contributed by atoms with Crippen molar-refractivity contribution >= 4 is 5.91 Å². The van der Waals surface area contributed by atoms with Crippen molar-refractivity contribution < 1.29 is 13.6 Å². The maximum Gasteiger partial charge on any atom is 0.236 e. The lowest BCUT2D eigenvalue weighted by atomic mass is 9.91. The maximum absolute atomic E-state index is 13.7. The van der Waals surface area contributed by atoms with Crippen LogP contribution in [0, 0.1) is 17.6 Å². The van der Waals surface area contributed by atoms with Crippen molar-refractivity contribution in [3.05, 3.63) is 35.4 Å². The number of aryl methyl sites for hydroxylation is 1. The molecule has 24 heavy (non-hydrogen) atoms. The van der Waals surface area contributed by atoms with Crippen LogP contribution in [0.5, 0.6) is 0 Å². The SMILES string of the molecule is CCN(CC)CC(=O)N1CCC[C@H](CCc2ccc(F)cc2F)C1. The van der Waals surface area contributed by atoms with E-state index in [1.54, 1.807) is 0 Å². The number of benzene rings is 1. The number of likely N-dealkylation sites (tertiary alicyclic amines) is 1. The quantitative estimate of drug-likeness (QED) is 0.760. The lowest BCUT2D eigenvalue weighted by Crippen LogP contribution is -2.45. The molecule has 0 unspecified atom stereocenters. The van der Waals surface area contributed by atoms with Gasteiger partial charge in [0, 0.05) is 19.2 Å². The summed E-state index contributed by atoms with van der Waals surface area (Å²) < 4.78 is 26.7. The minimum absolute atomic E-state index is 0.191. The van der Waals surface area contributed by atoms with E-state index < -0.39 is 11.6 Å². The number of hydrogen-bond donors (Lipinski definition) is 0. The van der Waals surface area contributed by atoms with E-state index in [1.807, 2.05) is 4.90 Å². The molecule has 0 spiro atoms. The smallest absolute Gasteiger partial charge is 0.236 e. The van der Waals surface area contributed by atoms with Crippen molar-refractivity contribution in [2.45, 2.75) is 39.5 Å². The van der Waals surface area contributed by atoms with Gasteiger partial charge in [0.25, 0.3) is 0 Å². The Balaban J connectivity index is 1.85. The van der Waals surface area contributed by atoms with Crippen LogP contribution < -0.4 is 0 Å². The van der Waals surface area contributed by atoms with Crippen LogP contribution in [-0.4, -0.2) is 48.4 Å². The largest absolute Gasteiger partial charge is 0.341 e. The van der Waals surface area contributed by atoms with Crippen LogP contribution >= 0.6 is 0 Å². The van der Waals surface area contributed by atoms with Crippen molar-refractivity contribution in [2.75, 3.05) is 32.7 Å². The molecule has 1 atom stereocenters. The predicted octanol–water partition coefficient (Wildman–Crippen LogP) is 3.48. The third-order valence-electron chi connectivity index (χ3n) is 4.96. The summed E-state index contributed by atoms with van der Waals surface area (Å²) in [4.78, 5) is 16.5. The zero-order valence-corrected chi connectivity index (χ0v) is 14.7. The van der Waals surface area contributed by atoms with Crippen LogP contribution in [0.25, 0.3) is 0 Å². The van der Waals surface area contributed by atoms with Gasteiger partial charge < -0.3 is 4.90 Å². The molecule has 3 nitrogen and oxygen atoms in total. The van der Waals surface area contributed by atoms with E-state index in [1.165, 1.54) is 12.1 Å². The summed E-state index contributed by atoms with van der Waals surface area (Å²) in [5, 5.41) is 0. The van der Waals surface area contributed by atoms with Gasteiger partial charge in [0.2, 0.25) is 5.91 Å². The van der Waals surface area contributed by atoms with Crippen molar-refractivity contribution in [1.29, 1.82) is 0 Å². The summed E-state index contributed by atoms with van der Waals surface area (Å²) in [5.74, 6) is -0.428. The van der Waals surface area contributed by atoms with Crippen LogP contribution in [0.4, 0.5) is 8.78 Å². The highest BCUT2D eigenvalue weighted by Crippen LogP contribution is 2.23. The number of piperidine rings is 1. The van der Waals surface area contributed by atoms with Gasteiger partial charge in [0.15, 0.2) is 0 Å². The van der Waals surface area contributed by atoms with Crippen LogP contribution in [0.15, 0.2) is 18.2 Å². The Bertz CT molecular complexity index is 546. The molecule has 1 saturated heterocycles. The van der Waals surface area contributed by atoms with Crippen LogP contribution in [0.2, 0.25) is 0 Å². The second-order valence-corrected chi connectivity index (χ2v) is 6.58. The lowest BCUT2D eigenvalue weighted by Gasteiger charge is -2.34. The number of likely N-dealkylation sites (N-methyl/N-ethyl adjacent to an activating group) is 1. The van der Waals surface area contributed by atoms with Crippen molar-refractivity contribution in [3.8, 4) is 0 Å². The Morgan fingerprint density at radius 2 is 2.04 bits per heavy atom. The fourth-order valence-corrected chi connectivity index (χ4v) is 3.35. The van der Waals surface area contributed by atoms with Crippen LogP contribution in [-0.2, 0) is 11.2 Å². The Labute approximate surface area is 143 Å². The lowest BCUT2D eigenvalue weighted by molar-refractivity contribution is -0.134. The third-order valence-corrected chi connectivity index (χ3v) is 4.96. The van der Waals surface area contributed by atoms with E-state index in [0.717, 1.165) is 51.5 Å². The third kappa shape index (κ3) is 5.26. The molecule has 1 aromatic carbocycles. The van der Waals surface area contributed by atoms with Gasteiger partial charge in [0.1, 0.15) is 11.6 Å². The van der Waals surface area contributed by atoms with E-state index in [0.29, 0.717) is 24.4 Å². The van der Waals surface area contributed by atoms with E-state index in [-0.39, 0.29) is 5.91 Å². The van der Waals surface area contributed by atoms with E-state index in [2.05, 4.69) is 18.7 Å². The molecule has 2 rings (SSSR count). The first-order valence-corrected chi connectivity index (χ1v) is 8.97. The van der Waals surface area contributed by atoms with Gasteiger partial charge in [-0.1, -0.05) is 19.9 Å². The summed E-state index contributed by atoms with van der Waals surface area (Å²) in [6.07, 6.45) is 3.49. The Morgan fingerprint density at radius 1 is 1.29 bits per heavy atom. The predicted molar refractivity (Wildman–Crippen MR) is 91.8 cm³/mol. The standard InChI is InChI=1S/C19H28F2N2O/c1-3-22(4-2)14-19(24)23-11-5-6-15(13-23)7-8-16-9-10-17(20)12-18(16)21/h9-10,12,15H,3-8,11,13-14H2,1-2H3/t15-/m1/s1. The average Bonchev–Trinajstić information content (AvgIpc) is 2.59. The zero-order chi connectivity index (χ0) is 17.5. The molecule has 1 aliphatic heterocycles. The molecule has 0 radical (unpaired) electrons. The van der Waals surface area contributed by atoms with Crippen LogP contribution in [0.3, 0.4) is 0 Å². The Kier molecular flexibility index (Phi) is 7.16. The summed E-state index contributed by atoms with van der Waals surface area (Å²) in [7, 11) is 0. The van der Waals surface area contributed by atoms with Gasteiger partial charge in [-0.15, -0.1) is 0 Å². The highest BCUT2D eigenvalue weighted by Gasteiger charge is 2.24. The second-order valence-electron chi connectivity index (χ2n) is 6.58. The van der Waals surface area contributed by atoms with Gasteiger partial charge in [-0.2, -0.15) is 0 Å². The fraction of sp³-hybridized carbons (Fsp3) is 0.632. The van der Waals surface area contributed by atoms with Gasteiger partial charge in [0.05, 0.1) is 6.54 Å². The molecule has 134 valence electrons. The minimum Gasteiger partial charge on any atom is -0.341 e. The first kappa shape index (κ1) is 18.8. The average molecular weight is 338 g/mol. The summed E-state index contributed by atoms with van der Waals surface area (Å²) in [5.41, 5.74) is 0.558. The molecule has 1 amide bonds. The molecule has 0 aliphatic carbocycles. The molecule has 1 aromatic rings. The maximum atomic E-state index is 13.7. The number of halogens is 2. The number of hydrogen-bond acceptors (Lipinski definition) is 2. The molecule has 0 N–H and O–H groups in total. The number of rotatable bonds is 7. The molecular formula is C19H28F2N2O. The molecule has 1 aliphatic rings. The zero-order valence-electron chi connectivity index (χ0n) is 14.7. The number of amides is 1. The normalized spacial score (nSPS) is 18.2.